The highest BCUT2D eigenvalue weighted by Gasteiger charge is 2.41. The summed E-state index contributed by atoms with van der Waals surface area (Å²) in [5.74, 6) is 6.58. The highest BCUT2D eigenvalue weighted by atomic mass is 16.5. The maximum absolute atomic E-state index is 5.88. The van der Waals surface area contributed by atoms with Gasteiger partial charge in [-0.25, -0.2) is 0 Å². The molecular weight excluding hydrogens is 240 g/mol. The zero-order valence-electron chi connectivity index (χ0n) is 12.2. The van der Waals surface area contributed by atoms with E-state index in [1.54, 1.807) is 7.11 Å². The summed E-state index contributed by atoms with van der Waals surface area (Å²) in [5.41, 5.74) is 3.86. The van der Waals surface area contributed by atoms with Crippen molar-refractivity contribution in [2.45, 2.75) is 50.7 Å². The highest BCUT2D eigenvalue weighted by molar-refractivity contribution is 5.06. The lowest BCUT2D eigenvalue weighted by molar-refractivity contribution is -0.0748. The van der Waals surface area contributed by atoms with Gasteiger partial charge in [0.05, 0.1) is 17.3 Å². The lowest BCUT2D eigenvalue weighted by Crippen LogP contribution is -2.57. The molecule has 5 nitrogen and oxygen atoms in total. The average Bonchev–Trinajstić information content (AvgIpc) is 2.83. The Morgan fingerprint density at radius 1 is 1.58 bits per heavy atom. The van der Waals surface area contributed by atoms with Crippen molar-refractivity contribution >= 4 is 0 Å². The average molecular weight is 266 g/mol. The van der Waals surface area contributed by atoms with Gasteiger partial charge in [-0.05, 0) is 37.7 Å². The van der Waals surface area contributed by atoms with Crippen LogP contribution in [-0.4, -0.2) is 28.5 Å². The number of hydrazine groups is 1. The summed E-state index contributed by atoms with van der Waals surface area (Å²) < 4.78 is 7.71. The van der Waals surface area contributed by atoms with E-state index in [-0.39, 0.29) is 11.6 Å². The molecule has 19 heavy (non-hydrogen) atoms. The maximum Gasteiger partial charge on any atom is 0.0848 e. The molecule has 1 aliphatic rings. The van der Waals surface area contributed by atoms with Gasteiger partial charge in [0.25, 0.3) is 0 Å². The molecule has 1 aliphatic carbocycles. The van der Waals surface area contributed by atoms with E-state index in [2.05, 4.69) is 17.4 Å². The third-order valence-electron chi connectivity index (χ3n) is 4.55. The summed E-state index contributed by atoms with van der Waals surface area (Å²) in [6, 6.07) is 2.15. The Hall–Kier alpha value is -0.910. The number of hydrogen-bond acceptors (Lipinski definition) is 4. The number of hydrogen-bond donors (Lipinski definition) is 2. The van der Waals surface area contributed by atoms with Gasteiger partial charge in [0.15, 0.2) is 0 Å². The van der Waals surface area contributed by atoms with Crippen LogP contribution in [0.3, 0.4) is 0 Å². The van der Waals surface area contributed by atoms with Gasteiger partial charge in [-0.2, -0.15) is 5.10 Å². The minimum absolute atomic E-state index is 0.111. The fourth-order valence-electron chi connectivity index (χ4n) is 3.12. The van der Waals surface area contributed by atoms with E-state index in [1.807, 2.05) is 24.0 Å². The molecule has 1 aromatic rings. The van der Waals surface area contributed by atoms with Crippen molar-refractivity contribution in [3.8, 4) is 0 Å². The monoisotopic (exact) mass is 266 g/mol. The zero-order valence-corrected chi connectivity index (χ0v) is 12.2. The van der Waals surface area contributed by atoms with Crippen LogP contribution in [0.5, 0.6) is 0 Å². The van der Waals surface area contributed by atoms with Crippen LogP contribution in [0.1, 0.15) is 38.3 Å². The molecule has 1 unspecified atom stereocenters. The number of aromatic nitrogens is 2. The smallest absolute Gasteiger partial charge is 0.0848 e. The van der Waals surface area contributed by atoms with Crippen molar-refractivity contribution in [3.05, 3.63) is 18.0 Å². The van der Waals surface area contributed by atoms with Crippen LogP contribution in [-0.2, 0) is 18.2 Å². The second-order valence-corrected chi connectivity index (χ2v) is 5.86. The topological polar surface area (TPSA) is 65.1 Å². The Morgan fingerprint density at radius 2 is 2.26 bits per heavy atom. The molecule has 2 rings (SSSR count). The molecular formula is C14H26N4O. The molecule has 108 valence electrons. The molecule has 0 aromatic carbocycles. The van der Waals surface area contributed by atoms with Crippen molar-refractivity contribution in [2.75, 3.05) is 7.11 Å². The van der Waals surface area contributed by atoms with E-state index in [9.17, 15) is 0 Å². The highest BCUT2D eigenvalue weighted by Crippen LogP contribution is 2.37. The summed E-state index contributed by atoms with van der Waals surface area (Å²) in [7, 11) is 3.74. The molecule has 1 atom stereocenters. The fourth-order valence-corrected chi connectivity index (χ4v) is 3.12. The first-order valence-corrected chi connectivity index (χ1v) is 7.09. The van der Waals surface area contributed by atoms with Crippen molar-refractivity contribution in [1.82, 2.24) is 15.2 Å². The largest absolute Gasteiger partial charge is 0.377 e. The molecule has 5 heteroatoms. The predicted molar refractivity (Wildman–Crippen MR) is 75.4 cm³/mol. The number of methoxy groups -OCH3 is 1. The molecule has 3 N–H and O–H groups in total. The number of nitrogens with zero attached hydrogens (tertiary/aromatic N) is 2. The van der Waals surface area contributed by atoms with Crippen LogP contribution in [0.25, 0.3) is 0 Å². The van der Waals surface area contributed by atoms with Crippen molar-refractivity contribution < 1.29 is 4.74 Å². The molecule has 0 amide bonds. The van der Waals surface area contributed by atoms with Crippen LogP contribution in [0.4, 0.5) is 0 Å². The van der Waals surface area contributed by atoms with Gasteiger partial charge in [-0.1, -0.05) is 6.92 Å². The summed E-state index contributed by atoms with van der Waals surface area (Å²) in [4.78, 5) is 0. The third-order valence-corrected chi connectivity index (χ3v) is 4.55. The molecule has 1 aromatic heterocycles. The molecule has 0 spiro atoms. The SMILES string of the molecule is COC1(C(Cc2ccn(C)n2)NN)CCC(C)CC1. The first-order valence-electron chi connectivity index (χ1n) is 7.09. The second kappa shape index (κ2) is 6.03. The maximum atomic E-state index is 5.88. The van der Waals surface area contributed by atoms with Crippen LogP contribution < -0.4 is 11.3 Å². The van der Waals surface area contributed by atoms with Crippen molar-refractivity contribution in [2.24, 2.45) is 18.8 Å². The van der Waals surface area contributed by atoms with Gasteiger partial charge < -0.3 is 4.74 Å². The van der Waals surface area contributed by atoms with Crippen LogP contribution in [0, 0.1) is 5.92 Å². The van der Waals surface area contributed by atoms with E-state index < -0.39 is 0 Å². The number of nitrogens with one attached hydrogen (secondary N) is 1. The first kappa shape index (κ1) is 14.5. The molecule has 0 aliphatic heterocycles. The molecule has 0 radical (unpaired) electrons. The first-order chi connectivity index (χ1) is 9.09. The Bertz CT molecular complexity index is 396. The Kier molecular flexibility index (Phi) is 4.60. The molecule has 1 saturated carbocycles. The Morgan fingerprint density at radius 3 is 2.74 bits per heavy atom. The van der Waals surface area contributed by atoms with Crippen molar-refractivity contribution in [1.29, 1.82) is 0 Å². The summed E-state index contributed by atoms with van der Waals surface area (Å²) in [5, 5.41) is 4.44. The minimum atomic E-state index is -0.154. The van der Waals surface area contributed by atoms with Crippen LogP contribution in [0.15, 0.2) is 12.3 Å². The number of ether oxygens (including phenoxy) is 1. The summed E-state index contributed by atoms with van der Waals surface area (Å²) >= 11 is 0. The van der Waals surface area contributed by atoms with Crippen molar-refractivity contribution in [3.63, 3.8) is 0 Å². The van der Waals surface area contributed by atoms with Gasteiger partial charge in [0.1, 0.15) is 0 Å². The minimum Gasteiger partial charge on any atom is -0.377 e. The summed E-state index contributed by atoms with van der Waals surface area (Å²) in [6.07, 6.45) is 7.30. The number of aryl methyl sites for hydroxylation is 1. The van der Waals surface area contributed by atoms with E-state index >= 15 is 0 Å². The third kappa shape index (κ3) is 3.16. The quantitative estimate of drug-likeness (QED) is 0.624. The van der Waals surface area contributed by atoms with Gasteiger partial charge >= 0.3 is 0 Å². The normalized spacial score (nSPS) is 29.4. The van der Waals surface area contributed by atoms with Crippen LogP contribution in [0.2, 0.25) is 0 Å². The second-order valence-electron chi connectivity index (χ2n) is 5.86. The van der Waals surface area contributed by atoms with Gasteiger partial charge in [-0.15, -0.1) is 0 Å². The summed E-state index contributed by atoms with van der Waals surface area (Å²) in [6.45, 7) is 2.31. The molecule has 0 saturated heterocycles. The lowest BCUT2D eigenvalue weighted by Gasteiger charge is -2.43. The molecule has 1 fully saturated rings. The standard InChI is InChI=1S/C14H26N4O/c1-11-4-7-14(19-3,8-5-11)13(16-15)10-12-6-9-18(2)17-12/h6,9,11,13,16H,4-5,7-8,10,15H2,1-3H3. The fraction of sp³-hybridized carbons (Fsp3) is 0.786. The molecule has 0 bridgehead atoms. The van der Waals surface area contributed by atoms with E-state index in [0.29, 0.717) is 0 Å². The van der Waals surface area contributed by atoms with Gasteiger partial charge in [0.2, 0.25) is 0 Å². The Balaban J connectivity index is 2.10. The van der Waals surface area contributed by atoms with E-state index in [0.717, 1.165) is 30.9 Å². The number of nitrogens with two attached hydrogens (primary N) is 1. The van der Waals surface area contributed by atoms with E-state index in [1.165, 1.54) is 12.8 Å². The van der Waals surface area contributed by atoms with Gasteiger partial charge in [0, 0.05) is 26.8 Å². The number of rotatable bonds is 5. The Labute approximate surface area is 115 Å². The lowest BCUT2D eigenvalue weighted by atomic mass is 9.74. The predicted octanol–water partition coefficient (Wildman–Crippen LogP) is 1.39. The molecule has 1 heterocycles. The van der Waals surface area contributed by atoms with Gasteiger partial charge in [-0.3, -0.25) is 16.0 Å². The van der Waals surface area contributed by atoms with Crippen LogP contribution >= 0.6 is 0 Å². The van der Waals surface area contributed by atoms with E-state index in [4.69, 9.17) is 10.6 Å². The zero-order chi connectivity index (χ0) is 13.9.